The van der Waals surface area contributed by atoms with Crippen LogP contribution in [0.3, 0.4) is 0 Å². The SMILES string of the molecule is CCOC(=O)c1ccc(-n2nc(C(F)(F)F)cc2NC(=O)Nc2ccc(Cl)cc2)cc1. The minimum absolute atomic E-state index is 0.186. The molecule has 0 bridgehead atoms. The minimum Gasteiger partial charge on any atom is -0.462 e. The van der Waals surface area contributed by atoms with E-state index in [0.717, 1.165) is 4.68 Å². The lowest BCUT2D eigenvalue weighted by molar-refractivity contribution is -0.141. The molecule has 0 aliphatic carbocycles. The van der Waals surface area contributed by atoms with Crippen molar-refractivity contribution < 1.29 is 27.5 Å². The van der Waals surface area contributed by atoms with E-state index in [9.17, 15) is 22.8 Å². The van der Waals surface area contributed by atoms with Crippen molar-refractivity contribution in [2.45, 2.75) is 13.1 Å². The average molecular weight is 453 g/mol. The molecule has 2 amide bonds. The lowest BCUT2D eigenvalue weighted by Crippen LogP contribution is -2.21. The van der Waals surface area contributed by atoms with Gasteiger partial charge in [-0.05, 0) is 55.5 Å². The average Bonchev–Trinajstić information content (AvgIpc) is 3.14. The van der Waals surface area contributed by atoms with Crippen molar-refractivity contribution >= 4 is 35.1 Å². The van der Waals surface area contributed by atoms with Crippen molar-refractivity contribution in [3.05, 3.63) is 70.9 Å². The van der Waals surface area contributed by atoms with Crippen LogP contribution in [0.15, 0.2) is 54.6 Å². The Kier molecular flexibility index (Phi) is 6.50. The Bertz CT molecular complexity index is 1080. The second-order valence-electron chi connectivity index (χ2n) is 6.18. The summed E-state index contributed by atoms with van der Waals surface area (Å²) in [5.41, 5.74) is -0.374. The largest absolute Gasteiger partial charge is 0.462 e. The van der Waals surface area contributed by atoms with E-state index in [2.05, 4.69) is 15.7 Å². The summed E-state index contributed by atoms with van der Waals surface area (Å²) in [5.74, 6) is -0.783. The molecule has 0 spiro atoms. The number of alkyl halides is 3. The molecule has 1 heterocycles. The number of nitrogens with one attached hydrogen (secondary N) is 2. The number of esters is 1. The van der Waals surface area contributed by atoms with Crippen molar-refractivity contribution in [1.29, 1.82) is 0 Å². The van der Waals surface area contributed by atoms with Crippen molar-refractivity contribution in [3.8, 4) is 5.69 Å². The molecular weight excluding hydrogens is 437 g/mol. The van der Waals surface area contributed by atoms with Crippen LogP contribution in [0.25, 0.3) is 5.69 Å². The van der Waals surface area contributed by atoms with Gasteiger partial charge in [0.1, 0.15) is 5.82 Å². The van der Waals surface area contributed by atoms with Crippen LogP contribution in [0.1, 0.15) is 23.0 Å². The van der Waals surface area contributed by atoms with E-state index >= 15 is 0 Å². The van der Waals surface area contributed by atoms with E-state index in [4.69, 9.17) is 16.3 Å². The molecule has 0 saturated heterocycles. The Morgan fingerprint density at radius 2 is 1.71 bits per heavy atom. The summed E-state index contributed by atoms with van der Waals surface area (Å²) < 4.78 is 45.4. The highest BCUT2D eigenvalue weighted by Crippen LogP contribution is 2.31. The molecule has 0 atom stereocenters. The lowest BCUT2D eigenvalue weighted by Gasteiger charge is -2.11. The zero-order chi connectivity index (χ0) is 22.6. The van der Waals surface area contributed by atoms with Gasteiger partial charge in [0.15, 0.2) is 5.69 Å². The molecule has 2 N–H and O–H groups in total. The van der Waals surface area contributed by atoms with E-state index in [-0.39, 0.29) is 23.7 Å². The number of benzene rings is 2. The molecule has 11 heteroatoms. The number of aromatic nitrogens is 2. The zero-order valence-corrected chi connectivity index (χ0v) is 16.8. The molecule has 0 fully saturated rings. The van der Waals surface area contributed by atoms with E-state index in [1.807, 2.05) is 0 Å². The summed E-state index contributed by atoms with van der Waals surface area (Å²) in [7, 11) is 0. The van der Waals surface area contributed by atoms with E-state index in [1.54, 1.807) is 19.1 Å². The number of rotatable bonds is 5. The van der Waals surface area contributed by atoms with Crippen molar-refractivity contribution in [3.63, 3.8) is 0 Å². The van der Waals surface area contributed by atoms with Crippen LogP contribution in [0.5, 0.6) is 0 Å². The van der Waals surface area contributed by atoms with Crippen molar-refractivity contribution in [2.75, 3.05) is 17.2 Å². The first-order chi connectivity index (χ1) is 14.7. The number of anilines is 2. The summed E-state index contributed by atoms with van der Waals surface area (Å²) in [5, 5.41) is 8.85. The minimum atomic E-state index is -4.72. The summed E-state index contributed by atoms with van der Waals surface area (Å²) in [4.78, 5) is 24.1. The maximum absolute atomic E-state index is 13.2. The first-order valence-electron chi connectivity index (χ1n) is 8.95. The molecule has 3 aromatic rings. The van der Waals surface area contributed by atoms with Gasteiger partial charge in [0.05, 0.1) is 17.9 Å². The van der Waals surface area contributed by atoms with Gasteiger partial charge in [-0.3, -0.25) is 5.32 Å². The number of carbonyl (C=O) groups excluding carboxylic acids is 2. The molecule has 3 rings (SSSR count). The van der Waals surface area contributed by atoms with Crippen LogP contribution in [-0.4, -0.2) is 28.4 Å². The van der Waals surface area contributed by atoms with Gasteiger partial charge in [0, 0.05) is 16.8 Å². The van der Waals surface area contributed by atoms with E-state index < -0.39 is 23.9 Å². The monoisotopic (exact) mass is 452 g/mol. The Morgan fingerprint density at radius 3 is 2.29 bits per heavy atom. The number of ether oxygens (including phenoxy) is 1. The molecule has 0 radical (unpaired) electrons. The van der Waals surface area contributed by atoms with Gasteiger partial charge in [0.2, 0.25) is 0 Å². The fourth-order valence-electron chi connectivity index (χ4n) is 2.57. The number of urea groups is 1. The molecule has 31 heavy (non-hydrogen) atoms. The molecule has 7 nitrogen and oxygen atoms in total. The van der Waals surface area contributed by atoms with Gasteiger partial charge < -0.3 is 10.1 Å². The molecule has 162 valence electrons. The number of hydrogen-bond acceptors (Lipinski definition) is 4. The van der Waals surface area contributed by atoms with Crippen molar-refractivity contribution in [2.24, 2.45) is 0 Å². The summed E-state index contributed by atoms with van der Waals surface area (Å²) in [6.45, 7) is 1.84. The van der Waals surface area contributed by atoms with Gasteiger partial charge in [-0.15, -0.1) is 0 Å². The van der Waals surface area contributed by atoms with Crippen LogP contribution in [0, 0.1) is 0 Å². The fourth-order valence-corrected chi connectivity index (χ4v) is 2.70. The third-order valence-electron chi connectivity index (χ3n) is 3.97. The number of halogens is 4. The smallest absolute Gasteiger partial charge is 0.435 e. The third kappa shape index (κ3) is 5.54. The van der Waals surface area contributed by atoms with Crippen LogP contribution < -0.4 is 10.6 Å². The maximum atomic E-state index is 13.2. The predicted octanol–water partition coefficient (Wildman–Crippen LogP) is 5.37. The highest BCUT2D eigenvalue weighted by atomic mass is 35.5. The normalized spacial score (nSPS) is 11.1. The molecular formula is C20H16ClF3N4O3. The molecule has 1 aromatic heterocycles. The fraction of sp³-hybridized carbons (Fsp3) is 0.150. The molecule has 0 aliphatic rings. The van der Waals surface area contributed by atoms with Gasteiger partial charge in [0.25, 0.3) is 0 Å². The molecule has 0 aliphatic heterocycles. The summed E-state index contributed by atoms with van der Waals surface area (Å²) >= 11 is 5.78. The topological polar surface area (TPSA) is 85.2 Å². The summed E-state index contributed by atoms with van der Waals surface area (Å²) in [6, 6.07) is 11.7. The predicted molar refractivity (Wildman–Crippen MR) is 109 cm³/mol. The van der Waals surface area contributed by atoms with Gasteiger partial charge >= 0.3 is 18.2 Å². The maximum Gasteiger partial charge on any atom is 0.435 e. The first kappa shape index (κ1) is 22.2. The number of hydrogen-bond donors (Lipinski definition) is 2. The number of nitrogens with zero attached hydrogens (tertiary/aromatic N) is 2. The number of amides is 2. The standard InChI is InChI=1S/C20H16ClF3N4O3/c1-2-31-18(29)12-3-9-15(10-4-12)28-17(11-16(27-28)20(22,23)24)26-19(30)25-14-7-5-13(21)6-8-14/h3-11H,2H2,1H3,(H2,25,26,30). The summed E-state index contributed by atoms with van der Waals surface area (Å²) in [6.07, 6.45) is -4.72. The first-order valence-corrected chi connectivity index (χ1v) is 9.33. The Balaban J connectivity index is 1.87. The lowest BCUT2D eigenvalue weighted by atomic mass is 10.2. The van der Waals surface area contributed by atoms with Crippen LogP contribution in [-0.2, 0) is 10.9 Å². The van der Waals surface area contributed by atoms with E-state index in [1.165, 1.54) is 36.4 Å². The molecule has 0 saturated carbocycles. The quantitative estimate of drug-likeness (QED) is 0.510. The third-order valence-corrected chi connectivity index (χ3v) is 4.22. The number of carbonyl (C=O) groups is 2. The zero-order valence-electron chi connectivity index (χ0n) is 16.0. The van der Waals surface area contributed by atoms with E-state index in [0.29, 0.717) is 16.8 Å². The second kappa shape index (κ2) is 9.09. The Hall–Kier alpha value is -3.53. The molecule has 0 unspecified atom stereocenters. The molecule has 2 aromatic carbocycles. The van der Waals surface area contributed by atoms with Crippen LogP contribution >= 0.6 is 11.6 Å². The highest BCUT2D eigenvalue weighted by Gasteiger charge is 2.35. The second-order valence-corrected chi connectivity index (χ2v) is 6.61. The van der Waals surface area contributed by atoms with Crippen LogP contribution in [0.4, 0.5) is 29.5 Å². The highest BCUT2D eigenvalue weighted by molar-refractivity contribution is 6.30. The van der Waals surface area contributed by atoms with Crippen molar-refractivity contribution in [1.82, 2.24) is 9.78 Å². The van der Waals surface area contributed by atoms with Gasteiger partial charge in [-0.2, -0.15) is 18.3 Å². The Morgan fingerprint density at radius 1 is 1.06 bits per heavy atom. The Labute approximate surface area is 179 Å². The van der Waals surface area contributed by atoms with Gasteiger partial charge in [-0.1, -0.05) is 11.6 Å². The van der Waals surface area contributed by atoms with Crippen LogP contribution in [0.2, 0.25) is 5.02 Å². The van der Waals surface area contributed by atoms with Gasteiger partial charge in [-0.25, -0.2) is 14.3 Å².